The summed E-state index contributed by atoms with van der Waals surface area (Å²) >= 11 is 0. The number of nitrogens with one attached hydrogen (secondary N) is 1. The molecule has 212 valence electrons. The third-order valence-electron chi connectivity index (χ3n) is 6.58. The highest BCUT2D eigenvalue weighted by Crippen LogP contribution is 2.30. The predicted octanol–water partition coefficient (Wildman–Crippen LogP) is 1.90. The van der Waals surface area contributed by atoms with Gasteiger partial charge in [-0.25, -0.2) is 4.79 Å². The van der Waals surface area contributed by atoms with E-state index in [-0.39, 0.29) is 42.8 Å². The maximum absolute atomic E-state index is 12.9. The molecule has 0 spiro atoms. The van der Waals surface area contributed by atoms with Crippen molar-refractivity contribution in [2.45, 2.75) is 64.2 Å². The number of carbonyl (C=O) groups is 5. The van der Waals surface area contributed by atoms with Crippen molar-refractivity contribution in [2.75, 3.05) is 39.5 Å². The van der Waals surface area contributed by atoms with E-state index in [9.17, 15) is 24.0 Å². The van der Waals surface area contributed by atoms with Crippen LogP contribution in [0.25, 0.3) is 0 Å². The molecule has 3 heterocycles. The van der Waals surface area contributed by atoms with Crippen LogP contribution in [0.15, 0.2) is 18.2 Å². The third kappa shape index (κ3) is 7.12. The summed E-state index contributed by atoms with van der Waals surface area (Å²) in [5.41, 5.74) is -0.155. The van der Waals surface area contributed by atoms with E-state index >= 15 is 0 Å². The molecule has 0 saturated carbocycles. The number of amides is 5. The Bertz CT molecular complexity index is 1120. The summed E-state index contributed by atoms with van der Waals surface area (Å²) in [4.78, 5) is 64.0. The van der Waals surface area contributed by atoms with E-state index < -0.39 is 35.3 Å². The highest BCUT2D eigenvalue weighted by molar-refractivity contribution is 6.23. The summed E-state index contributed by atoms with van der Waals surface area (Å²) in [6, 6.07) is 3.56. The summed E-state index contributed by atoms with van der Waals surface area (Å²) in [5.74, 6) is -1.81. The SMILES string of the molecule is CC(C)(C)OC(=O)N1CCC(OCCOCCOc2ccc3c(c2)C(=O)N([C@@H]2CCC(=O)NC2=O)C3=O)CC1. The van der Waals surface area contributed by atoms with Crippen LogP contribution in [0.2, 0.25) is 0 Å². The number of likely N-dealkylation sites (tertiary alicyclic amines) is 1. The van der Waals surface area contributed by atoms with Crippen molar-refractivity contribution in [1.29, 1.82) is 0 Å². The molecule has 1 aromatic rings. The Morgan fingerprint density at radius 2 is 1.64 bits per heavy atom. The standard InChI is InChI=1S/C27H35N3O9/c1-27(2,3)39-26(35)29-10-8-17(9-11-29)37-14-12-36-13-15-38-18-4-5-19-20(16-18)25(34)30(24(19)33)21-6-7-22(31)28-23(21)32/h4-5,16-17,21H,6-15H2,1-3H3,(H,28,31,32)/t21-/m1/s1. The smallest absolute Gasteiger partial charge is 0.410 e. The Balaban J connectivity index is 1.13. The minimum Gasteiger partial charge on any atom is -0.491 e. The normalized spacial score (nSPS) is 20.2. The average molecular weight is 546 g/mol. The zero-order valence-electron chi connectivity index (χ0n) is 22.5. The zero-order valence-corrected chi connectivity index (χ0v) is 22.5. The van der Waals surface area contributed by atoms with Crippen LogP contribution < -0.4 is 10.1 Å². The Kier molecular flexibility index (Phi) is 8.86. The molecule has 0 aromatic heterocycles. The first-order valence-corrected chi connectivity index (χ1v) is 13.2. The lowest BCUT2D eigenvalue weighted by Crippen LogP contribution is -2.54. The van der Waals surface area contributed by atoms with Crippen LogP contribution in [0.3, 0.4) is 0 Å². The van der Waals surface area contributed by atoms with Crippen molar-refractivity contribution in [3.05, 3.63) is 29.3 Å². The van der Waals surface area contributed by atoms with Gasteiger partial charge in [-0.1, -0.05) is 0 Å². The molecule has 12 heteroatoms. The van der Waals surface area contributed by atoms with Gasteiger partial charge >= 0.3 is 6.09 Å². The topological polar surface area (TPSA) is 141 Å². The van der Waals surface area contributed by atoms with Gasteiger partial charge in [-0.15, -0.1) is 0 Å². The van der Waals surface area contributed by atoms with Gasteiger partial charge in [0.1, 0.15) is 24.0 Å². The van der Waals surface area contributed by atoms with E-state index in [1.165, 1.54) is 12.1 Å². The van der Waals surface area contributed by atoms with Crippen LogP contribution in [0, 0.1) is 0 Å². The number of fused-ring (bicyclic) bond motifs is 1. The molecule has 0 radical (unpaired) electrons. The largest absolute Gasteiger partial charge is 0.491 e. The molecule has 3 aliphatic rings. The van der Waals surface area contributed by atoms with E-state index in [1.54, 1.807) is 11.0 Å². The molecule has 12 nitrogen and oxygen atoms in total. The van der Waals surface area contributed by atoms with Crippen molar-refractivity contribution in [3.63, 3.8) is 0 Å². The molecule has 3 aliphatic heterocycles. The fourth-order valence-corrected chi connectivity index (χ4v) is 4.67. The molecule has 1 aromatic carbocycles. The van der Waals surface area contributed by atoms with Crippen LogP contribution in [-0.4, -0.2) is 96.8 Å². The number of nitrogens with zero attached hydrogens (tertiary/aromatic N) is 2. The lowest BCUT2D eigenvalue weighted by molar-refractivity contribution is -0.136. The summed E-state index contributed by atoms with van der Waals surface area (Å²) in [6.45, 7) is 8.05. The molecule has 0 aliphatic carbocycles. The lowest BCUT2D eigenvalue weighted by atomic mass is 10.0. The summed E-state index contributed by atoms with van der Waals surface area (Å²) in [6.07, 6.45) is 1.42. The van der Waals surface area contributed by atoms with E-state index in [2.05, 4.69) is 5.32 Å². The van der Waals surface area contributed by atoms with Crippen LogP contribution in [0.4, 0.5) is 4.79 Å². The quantitative estimate of drug-likeness (QED) is 0.364. The minimum atomic E-state index is -1.01. The number of piperidine rings is 2. The highest BCUT2D eigenvalue weighted by Gasteiger charge is 2.44. The maximum Gasteiger partial charge on any atom is 0.410 e. The number of benzene rings is 1. The predicted molar refractivity (Wildman–Crippen MR) is 136 cm³/mol. The van der Waals surface area contributed by atoms with E-state index in [1.807, 2.05) is 20.8 Å². The van der Waals surface area contributed by atoms with Gasteiger partial charge in [0.2, 0.25) is 11.8 Å². The molecule has 0 bridgehead atoms. The van der Waals surface area contributed by atoms with Gasteiger partial charge in [-0.3, -0.25) is 29.4 Å². The minimum absolute atomic E-state index is 0.0648. The van der Waals surface area contributed by atoms with Gasteiger partial charge in [-0.2, -0.15) is 0 Å². The van der Waals surface area contributed by atoms with Crippen molar-refractivity contribution in [2.24, 2.45) is 0 Å². The van der Waals surface area contributed by atoms with Gasteiger partial charge in [-0.05, 0) is 58.2 Å². The third-order valence-corrected chi connectivity index (χ3v) is 6.58. The first-order valence-electron chi connectivity index (χ1n) is 13.2. The first-order chi connectivity index (χ1) is 18.5. The number of imide groups is 2. The number of ether oxygens (including phenoxy) is 4. The molecular weight excluding hydrogens is 510 g/mol. The van der Waals surface area contributed by atoms with Gasteiger partial charge < -0.3 is 23.8 Å². The van der Waals surface area contributed by atoms with Gasteiger partial charge in [0.15, 0.2) is 0 Å². The van der Waals surface area contributed by atoms with Crippen molar-refractivity contribution in [1.82, 2.24) is 15.1 Å². The van der Waals surface area contributed by atoms with Crippen LogP contribution in [0.5, 0.6) is 5.75 Å². The van der Waals surface area contributed by atoms with Gasteiger partial charge in [0.25, 0.3) is 11.8 Å². The molecule has 1 N–H and O–H groups in total. The fourth-order valence-electron chi connectivity index (χ4n) is 4.67. The van der Waals surface area contributed by atoms with E-state index in [4.69, 9.17) is 18.9 Å². The molecule has 5 amide bonds. The molecule has 0 unspecified atom stereocenters. The highest BCUT2D eigenvalue weighted by atomic mass is 16.6. The number of rotatable bonds is 9. The second-order valence-electron chi connectivity index (χ2n) is 10.7. The lowest BCUT2D eigenvalue weighted by Gasteiger charge is -2.33. The Hall–Kier alpha value is -3.51. The van der Waals surface area contributed by atoms with Gasteiger partial charge in [0, 0.05) is 19.5 Å². The summed E-state index contributed by atoms with van der Waals surface area (Å²) in [7, 11) is 0. The first kappa shape index (κ1) is 28.5. The monoisotopic (exact) mass is 545 g/mol. The summed E-state index contributed by atoms with van der Waals surface area (Å²) in [5, 5.41) is 2.17. The Morgan fingerprint density at radius 1 is 0.949 bits per heavy atom. The summed E-state index contributed by atoms with van der Waals surface area (Å²) < 4.78 is 22.5. The molecule has 2 fully saturated rings. The van der Waals surface area contributed by atoms with Crippen LogP contribution >= 0.6 is 0 Å². The Morgan fingerprint density at radius 3 is 2.33 bits per heavy atom. The van der Waals surface area contributed by atoms with Crippen molar-refractivity contribution < 1.29 is 42.9 Å². The number of hydrogen-bond donors (Lipinski definition) is 1. The zero-order chi connectivity index (χ0) is 28.2. The van der Waals surface area contributed by atoms with Crippen molar-refractivity contribution >= 4 is 29.7 Å². The molecule has 1 atom stereocenters. The molecule has 39 heavy (non-hydrogen) atoms. The number of hydrogen-bond acceptors (Lipinski definition) is 9. The van der Waals surface area contributed by atoms with Crippen LogP contribution in [-0.2, 0) is 23.8 Å². The van der Waals surface area contributed by atoms with E-state index in [0.29, 0.717) is 38.7 Å². The maximum atomic E-state index is 12.9. The number of carbonyl (C=O) groups excluding carboxylic acids is 5. The van der Waals surface area contributed by atoms with Crippen LogP contribution in [0.1, 0.15) is 67.2 Å². The molecular formula is C27H35N3O9. The second kappa shape index (κ2) is 12.1. The van der Waals surface area contributed by atoms with Gasteiger partial charge in [0.05, 0.1) is 37.1 Å². The van der Waals surface area contributed by atoms with E-state index in [0.717, 1.165) is 17.7 Å². The average Bonchev–Trinajstić information content (AvgIpc) is 3.12. The molecule has 4 rings (SSSR count). The fraction of sp³-hybridized carbons (Fsp3) is 0.593. The van der Waals surface area contributed by atoms with Crippen molar-refractivity contribution in [3.8, 4) is 5.75 Å². The second-order valence-corrected chi connectivity index (χ2v) is 10.7. The Labute approximate surface area is 226 Å². The molecule has 2 saturated heterocycles.